The maximum Gasteiger partial charge on any atom is 0.161 e. The molecule has 0 bridgehead atoms. The fourth-order valence-electron chi connectivity index (χ4n) is 2.58. The predicted molar refractivity (Wildman–Crippen MR) is 79.4 cm³/mol. The van der Waals surface area contributed by atoms with Crippen LogP contribution in [0.2, 0.25) is 0 Å². The molecule has 2 rings (SSSR count). The number of rotatable bonds is 5. The summed E-state index contributed by atoms with van der Waals surface area (Å²) in [5.41, 5.74) is 1.32. The quantitative estimate of drug-likeness (QED) is 0.744. The minimum absolute atomic E-state index is 0.0655. The molecule has 2 nitrogen and oxygen atoms in total. The van der Waals surface area contributed by atoms with Crippen LogP contribution in [0.4, 0.5) is 0 Å². The van der Waals surface area contributed by atoms with Gasteiger partial charge in [0.25, 0.3) is 0 Å². The van der Waals surface area contributed by atoms with Crippen LogP contribution < -0.4 is 9.47 Å². The smallest absolute Gasteiger partial charge is 0.161 e. The number of hydrogen-bond acceptors (Lipinski definition) is 2. The number of hydrogen-bond donors (Lipinski definition) is 0. The van der Waals surface area contributed by atoms with E-state index in [0.29, 0.717) is 0 Å². The van der Waals surface area contributed by atoms with Crippen LogP contribution in [0.1, 0.15) is 39.2 Å². The number of alkyl halides is 1. The zero-order valence-corrected chi connectivity index (χ0v) is 13.0. The molecule has 1 aromatic carbocycles. The van der Waals surface area contributed by atoms with E-state index in [1.165, 1.54) is 5.56 Å². The molecule has 0 heterocycles. The van der Waals surface area contributed by atoms with Crippen LogP contribution in [0.25, 0.3) is 0 Å². The highest BCUT2D eigenvalue weighted by atomic mass is 35.5. The van der Waals surface area contributed by atoms with Crippen molar-refractivity contribution in [1.82, 2.24) is 0 Å². The van der Waals surface area contributed by atoms with Crippen molar-refractivity contribution in [3.8, 4) is 11.5 Å². The van der Waals surface area contributed by atoms with E-state index in [-0.39, 0.29) is 16.9 Å². The molecule has 106 valence electrons. The van der Waals surface area contributed by atoms with E-state index in [2.05, 4.69) is 32.9 Å². The van der Waals surface area contributed by atoms with Gasteiger partial charge in [0.15, 0.2) is 11.5 Å². The number of benzene rings is 1. The number of aryl methyl sites for hydroxylation is 1. The van der Waals surface area contributed by atoms with Crippen LogP contribution in [-0.4, -0.2) is 18.6 Å². The molecule has 0 amide bonds. The lowest BCUT2D eigenvalue weighted by Crippen LogP contribution is -2.55. The zero-order valence-electron chi connectivity index (χ0n) is 12.2. The van der Waals surface area contributed by atoms with E-state index in [9.17, 15) is 0 Å². The van der Waals surface area contributed by atoms with Gasteiger partial charge in [-0.3, -0.25) is 0 Å². The lowest BCUT2D eigenvalue weighted by molar-refractivity contribution is -0.0307. The Morgan fingerprint density at radius 3 is 2.58 bits per heavy atom. The lowest BCUT2D eigenvalue weighted by Gasteiger charge is -2.50. The molecule has 1 aliphatic carbocycles. The van der Waals surface area contributed by atoms with E-state index < -0.39 is 0 Å². The van der Waals surface area contributed by atoms with Crippen LogP contribution in [0.3, 0.4) is 0 Å². The predicted octanol–water partition coefficient (Wildman–Crippen LogP) is 4.43. The topological polar surface area (TPSA) is 18.5 Å². The van der Waals surface area contributed by atoms with Crippen molar-refractivity contribution in [2.75, 3.05) is 7.11 Å². The first-order valence-electron chi connectivity index (χ1n) is 7.02. The summed E-state index contributed by atoms with van der Waals surface area (Å²) in [4.78, 5) is 0. The fraction of sp³-hybridized carbons (Fsp3) is 0.625. The summed E-state index contributed by atoms with van der Waals surface area (Å²) in [7, 11) is 1.69. The van der Waals surface area contributed by atoms with Gasteiger partial charge in [0.1, 0.15) is 6.10 Å². The van der Waals surface area contributed by atoms with Gasteiger partial charge in [0.2, 0.25) is 0 Å². The van der Waals surface area contributed by atoms with E-state index in [1.54, 1.807) is 7.11 Å². The summed E-state index contributed by atoms with van der Waals surface area (Å²) in [5, 5.41) is 0.211. The van der Waals surface area contributed by atoms with Gasteiger partial charge in [-0.1, -0.05) is 26.8 Å². The second kappa shape index (κ2) is 5.62. The maximum atomic E-state index is 6.33. The van der Waals surface area contributed by atoms with Crippen LogP contribution in [-0.2, 0) is 6.42 Å². The van der Waals surface area contributed by atoms with Gasteiger partial charge in [0.05, 0.1) is 7.11 Å². The van der Waals surface area contributed by atoms with Gasteiger partial charge in [-0.15, -0.1) is 11.6 Å². The molecule has 3 unspecified atom stereocenters. The van der Waals surface area contributed by atoms with Crippen molar-refractivity contribution in [2.45, 2.75) is 51.5 Å². The van der Waals surface area contributed by atoms with Crippen LogP contribution in [0.5, 0.6) is 11.5 Å². The molecule has 1 aromatic rings. The first kappa shape index (κ1) is 14.5. The largest absolute Gasteiger partial charge is 0.493 e. The summed E-state index contributed by atoms with van der Waals surface area (Å²) in [6.07, 6.45) is 3.11. The molecular formula is C16H23ClO2. The minimum atomic E-state index is 0.0655. The van der Waals surface area contributed by atoms with Gasteiger partial charge in [-0.25, -0.2) is 0 Å². The molecule has 19 heavy (non-hydrogen) atoms. The highest BCUT2D eigenvalue weighted by Crippen LogP contribution is 2.50. The summed E-state index contributed by atoms with van der Waals surface area (Å²) in [5.74, 6) is 1.64. The highest BCUT2D eigenvalue weighted by molar-refractivity contribution is 6.21. The molecule has 1 saturated carbocycles. The van der Waals surface area contributed by atoms with E-state index >= 15 is 0 Å². The fourth-order valence-corrected chi connectivity index (χ4v) is 3.04. The normalized spacial score (nSPS) is 29.7. The van der Waals surface area contributed by atoms with E-state index in [4.69, 9.17) is 21.1 Å². The van der Waals surface area contributed by atoms with Crippen molar-refractivity contribution in [2.24, 2.45) is 5.41 Å². The monoisotopic (exact) mass is 282 g/mol. The van der Waals surface area contributed by atoms with Crippen molar-refractivity contribution in [1.29, 1.82) is 0 Å². The summed E-state index contributed by atoms with van der Waals surface area (Å²) < 4.78 is 11.6. The molecule has 0 saturated heterocycles. The molecule has 3 heteroatoms. The highest BCUT2D eigenvalue weighted by Gasteiger charge is 2.51. The van der Waals surface area contributed by atoms with Gasteiger partial charge in [-0.2, -0.15) is 0 Å². The van der Waals surface area contributed by atoms with Gasteiger partial charge < -0.3 is 9.47 Å². The number of methoxy groups -OCH3 is 1. The Balaban J connectivity index is 2.16. The average Bonchev–Trinajstić information content (AvgIpc) is 2.46. The molecule has 3 atom stereocenters. The van der Waals surface area contributed by atoms with Crippen molar-refractivity contribution >= 4 is 11.6 Å². The molecule has 1 aliphatic rings. The maximum absolute atomic E-state index is 6.33. The Morgan fingerprint density at radius 2 is 2.05 bits per heavy atom. The first-order chi connectivity index (χ1) is 9.05. The van der Waals surface area contributed by atoms with Crippen LogP contribution in [0.15, 0.2) is 18.2 Å². The van der Waals surface area contributed by atoms with Crippen LogP contribution >= 0.6 is 11.6 Å². The first-order valence-corrected chi connectivity index (χ1v) is 7.46. The third-order valence-corrected chi connectivity index (χ3v) is 5.22. The van der Waals surface area contributed by atoms with E-state index in [0.717, 1.165) is 30.8 Å². The van der Waals surface area contributed by atoms with E-state index in [1.807, 2.05) is 6.07 Å². The van der Waals surface area contributed by atoms with Gasteiger partial charge >= 0.3 is 0 Å². The Kier molecular flexibility index (Phi) is 4.29. The zero-order chi connectivity index (χ0) is 14.0. The lowest BCUT2D eigenvalue weighted by atomic mass is 9.65. The minimum Gasteiger partial charge on any atom is -0.493 e. The Labute approximate surface area is 121 Å². The molecule has 0 aliphatic heterocycles. The Bertz CT molecular complexity index is 446. The second-order valence-corrected chi connectivity index (χ2v) is 6.03. The third-order valence-electron chi connectivity index (χ3n) is 4.54. The average molecular weight is 283 g/mol. The number of halogens is 1. The second-order valence-electron chi connectivity index (χ2n) is 5.51. The molecule has 0 radical (unpaired) electrons. The van der Waals surface area contributed by atoms with Gasteiger partial charge in [-0.05, 0) is 30.5 Å². The molecule has 0 N–H and O–H groups in total. The van der Waals surface area contributed by atoms with Crippen LogP contribution in [0, 0.1) is 5.41 Å². The summed E-state index contributed by atoms with van der Waals surface area (Å²) in [6.45, 7) is 6.50. The Hall–Kier alpha value is -0.890. The van der Waals surface area contributed by atoms with Gasteiger partial charge in [0, 0.05) is 17.2 Å². The Morgan fingerprint density at radius 1 is 1.32 bits per heavy atom. The number of ether oxygens (including phenoxy) is 2. The third kappa shape index (κ3) is 2.55. The van der Waals surface area contributed by atoms with Crippen molar-refractivity contribution < 1.29 is 9.47 Å². The summed E-state index contributed by atoms with van der Waals surface area (Å²) >= 11 is 6.33. The SMILES string of the molecule is CCc1ccc(OC2CC(Cl)C2(C)CC)c(OC)c1. The van der Waals surface area contributed by atoms with Crippen molar-refractivity contribution in [3.05, 3.63) is 23.8 Å². The molecule has 0 aromatic heterocycles. The molecule has 0 spiro atoms. The molecule has 1 fully saturated rings. The standard InChI is InChI=1S/C16H23ClO2/c1-5-11-7-8-12(13(9-11)18-4)19-15-10-14(17)16(15,3)6-2/h7-9,14-15H,5-6,10H2,1-4H3. The summed E-state index contributed by atoms with van der Waals surface area (Å²) in [6, 6.07) is 6.16. The van der Waals surface area contributed by atoms with Crippen molar-refractivity contribution in [3.63, 3.8) is 0 Å². The molecular weight excluding hydrogens is 260 g/mol.